The van der Waals surface area contributed by atoms with Crippen molar-refractivity contribution in [3.8, 4) is 11.1 Å². The fourth-order valence-electron chi connectivity index (χ4n) is 2.94. The number of carbonyl (C=O) groups excluding carboxylic acids is 1. The zero-order chi connectivity index (χ0) is 19.6. The van der Waals surface area contributed by atoms with Crippen LogP contribution >= 0.6 is 11.3 Å². The minimum absolute atomic E-state index is 0.204. The van der Waals surface area contributed by atoms with Crippen molar-refractivity contribution in [1.82, 2.24) is 9.55 Å². The second-order valence-corrected chi connectivity index (χ2v) is 7.96. The summed E-state index contributed by atoms with van der Waals surface area (Å²) in [5.41, 5.74) is 2.78. The molecule has 0 aliphatic rings. The molecule has 0 N–H and O–H groups in total. The lowest BCUT2D eigenvalue weighted by molar-refractivity contribution is -0.149. The summed E-state index contributed by atoms with van der Waals surface area (Å²) in [7, 11) is 0. The van der Waals surface area contributed by atoms with Gasteiger partial charge in [0.2, 0.25) is 0 Å². The molecule has 0 saturated carbocycles. The van der Waals surface area contributed by atoms with Gasteiger partial charge >= 0.3 is 5.97 Å². The highest BCUT2D eigenvalue weighted by Gasteiger charge is 2.24. The first-order chi connectivity index (χ1) is 12.9. The normalized spacial score (nSPS) is 12.5. The summed E-state index contributed by atoms with van der Waals surface area (Å²) in [5, 5.41) is 2.51. The highest BCUT2D eigenvalue weighted by Crippen LogP contribution is 2.31. The summed E-state index contributed by atoms with van der Waals surface area (Å²) in [6, 6.07) is 7.38. The first-order valence-corrected chi connectivity index (χ1v) is 10.0. The number of aromatic nitrogens is 2. The van der Waals surface area contributed by atoms with Gasteiger partial charge in [0, 0.05) is 10.9 Å². The number of benzene rings is 1. The summed E-state index contributed by atoms with van der Waals surface area (Å²) < 4.78 is 6.78. The van der Waals surface area contributed by atoms with Crippen LogP contribution in [0.3, 0.4) is 0 Å². The van der Waals surface area contributed by atoms with E-state index in [0.29, 0.717) is 23.2 Å². The molecule has 0 amide bonds. The number of fused-ring (bicyclic) bond motifs is 1. The molecule has 1 unspecified atom stereocenters. The molecule has 2 heterocycles. The Labute approximate surface area is 162 Å². The number of carbonyl (C=O) groups is 1. The maximum Gasteiger partial charge on any atom is 0.329 e. The molecule has 6 heteroatoms. The van der Waals surface area contributed by atoms with Gasteiger partial charge in [0.1, 0.15) is 10.9 Å². The number of aryl methyl sites for hydroxylation is 1. The quantitative estimate of drug-likeness (QED) is 0.584. The Kier molecular flexibility index (Phi) is 5.75. The minimum Gasteiger partial charge on any atom is -0.464 e. The minimum atomic E-state index is -0.668. The summed E-state index contributed by atoms with van der Waals surface area (Å²) in [6.45, 7) is 8.19. The van der Waals surface area contributed by atoms with E-state index >= 15 is 0 Å². The standard InChI is InChI=1S/C21H24N2O3S/c1-5-17(21(25)26-10-13(2)3)23-12-22-19-18(20(23)24)16(11-27-19)15-8-6-14(4)7-9-15/h6-9,11-13,17H,5,10H2,1-4H3. The van der Waals surface area contributed by atoms with Gasteiger partial charge in [0.15, 0.2) is 0 Å². The highest BCUT2D eigenvalue weighted by molar-refractivity contribution is 7.17. The Morgan fingerprint density at radius 1 is 1.26 bits per heavy atom. The topological polar surface area (TPSA) is 61.2 Å². The molecule has 0 spiro atoms. The van der Waals surface area contributed by atoms with Crippen molar-refractivity contribution >= 4 is 27.5 Å². The van der Waals surface area contributed by atoms with Gasteiger partial charge in [-0.2, -0.15) is 0 Å². The van der Waals surface area contributed by atoms with Crippen LogP contribution in [0.2, 0.25) is 0 Å². The van der Waals surface area contributed by atoms with Gasteiger partial charge in [-0.15, -0.1) is 11.3 Å². The monoisotopic (exact) mass is 384 g/mol. The zero-order valence-corrected chi connectivity index (χ0v) is 16.9. The molecule has 1 aromatic carbocycles. The van der Waals surface area contributed by atoms with Crippen LogP contribution in [0.1, 0.15) is 38.8 Å². The molecular weight excluding hydrogens is 360 g/mol. The second kappa shape index (κ2) is 8.05. The third-order valence-corrected chi connectivity index (χ3v) is 5.32. The van der Waals surface area contributed by atoms with Crippen LogP contribution in [0.5, 0.6) is 0 Å². The Morgan fingerprint density at radius 3 is 2.59 bits per heavy atom. The van der Waals surface area contributed by atoms with Gasteiger partial charge in [-0.3, -0.25) is 9.36 Å². The van der Waals surface area contributed by atoms with Gasteiger partial charge in [0.25, 0.3) is 5.56 Å². The summed E-state index contributed by atoms with van der Waals surface area (Å²) in [5.74, 6) is -0.143. The van der Waals surface area contributed by atoms with Crippen LogP contribution in [0.4, 0.5) is 0 Å². The number of ether oxygens (including phenoxy) is 1. The first-order valence-electron chi connectivity index (χ1n) is 9.14. The second-order valence-electron chi connectivity index (χ2n) is 7.10. The Hall–Kier alpha value is -2.47. The van der Waals surface area contributed by atoms with Crippen LogP contribution in [0.15, 0.2) is 40.8 Å². The summed E-state index contributed by atoms with van der Waals surface area (Å²) in [6.07, 6.45) is 1.93. The van der Waals surface area contributed by atoms with Crippen molar-refractivity contribution < 1.29 is 9.53 Å². The molecule has 0 bridgehead atoms. The molecule has 0 aliphatic heterocycles. The van der Waals surface area contributed by atoms with Crippen LogP contribution in [-0.2, 0) is 9.53 Å². The number of rotatable bonds is 6. The van der Waals surface area contributed by atoms with Crippen LogP contribution in [0.25, 0.3) is 21.3 Å². The molecule has 0 aliphatic carbocycles. The first kappa shape index (κ1) is 19.3. The molecule has 0 saturated heterocycles. The Bertz CT molecular complexity index is 1000. The van der Waals surface area contributed by atoms with Crippen LogP contribution in [-0.4, -0.2) is 22.1 Å². The molecule has 1 atom stereocenters. The van der Waals surface area contributed by atoms with Gasteiger partial charge in [-0.25, -0.2) is 9.78 Å². The van der Waals surface area contributed by atoms with Crippen molar-refractivity contribution in [1.29, 1.82) is 0 Å². The van der Waals surface area contributed by atoms with E-state index in [1.54, 1.807) is 0 Å². The van der Waals surface area contributed by atoms with E-state index < -0.39 is 6.04 Å². The van der Waals surface area contributed by atoms with E-state index in [9.17, 15) is 9.59 Å². The number of esters is 1. The molecular formula is C21H24N2O3S. The fourth-order valence-corrected chi connectivity index (χ4v) is 3.84. The van der Waals surface area contributed by atoms with Crippen molar-refractivity contribution in [2.75, 3.05) is 6.61 Å². The van der Waals surface area contributed by atoms with Gasteiger partial charge in [-0.1, -0.05) is 50.6 Å². The average Bonchev–Trinajstić information content (AvgIpc) is 3.08. The molecule has 3 rings (SSSR count). The van der Waals surface area contributed by atoms with E-state index in [4.69, 9.17) is 4.74 Å². The van der Waals surface area contributed by atoms with Crippen molar-refractivity contribution in [2.45, 2.75) is 40.2 Å². The smallest absolute Gasteiger partial charge is 0.329 e. The van der Waals surface area contributed by atoms with E-state index in [1.165, 1.54) is 22.2 Å². The van der Waals surface area contributed by atoms with Gasteiger partial charge < -0.3 is 4.74 Å². The van der Waals surface area contributed by atoms with Crippen molar-refractivity contribution in [3.05, 3.63) is 51.9 Å². The lowest BCUT2D eigenvalue weighted by atomic mass is 10.0. The Morgan fingerprint density at radius 2 is 1.96 bits per heavy atom. The predicted octanol–water partition coefficient (Wildman–Crippen LogP) is 4.58. The van der Waals surface area contributed by atoms with Crippen molar-refractivity contribution in [2.24, 2.45) is 5.92 Å². The maximum atomic E-state index is 13.2. The Balaban J connectivity index is 2.06. The van der Waals surface area contributed by atoms with Crippen LogP contribution in [0, 0.1) is 12.8 Å². The highest BCUT2D eigenvalue weighted by atomic mass is 32.1. The number of hydrogen-bond acceptors (Lipinski definition) is 5. The number of thiophene rings is 1. The van der Waals surface area contributed by atoms with E-state index in [0.717, 1.165) is 16.7 Å². The van der Waals surface area contributed by atoms with E-state index in [2.05, 4.69) is 4.98 Å². The number of nitrogens with zero attached hydrogens (tertiary/aromatic N) is 2. The molecule has 5 nitrogen and oxygen atoms in total. The largest absolute Gasteiger partial charge is 0.464 e. The molecule has 0 radical (unpaired) electrons. The van der Waals surface area contributed by atoms with Gasteiger partial charge in [0.05, 0.1) is 18.3 Å². The van der Waals surface area contributed by atoms with E-state index in [-0.39, 0.29) is 17.4 Å². The molecule has 0 fully saturated rings. The van der Waals surface area contributed by atoms with Gasteiger partial charge in [-0.05, 0) is 24.8 Å². The van der Waals surface area contributed by atoms with Crippen LogP contribution < -0.4 is 5.56 Å². The molecule has 3 aromatic rings. The zero-order valence-electron chi connectivity index (χ0n) is 16.1. The lowest BCUT2D eigenvalue weighted by Crippen LogP contribution is -2.31. The molecule has 2 aromatic heterocycles. The number of hydrogen-bond donors (Lipinski definition) is 0. The summed E-state index contributed by atoms with van der Waals surface area (Å²) >= 11 is 1.44. The lowest BCUT2D eigenvalue weighted by Gasteiger charge is -2.17. The summed E-state index contributed by atoms with van der Waals surface area (Å²) in [4.78, 5) is 30.8. The third kappa shape index (κ3) is 3.95. The molecule has 27 heavy (non-hydrogen) atoms. The molecule has 142 valence electrons. The van der Waals surface area contributed by atoms with Crippen molar-refractivity contribution in [3.63, 3.8) is 0 Å². The third-order valence-electron chi connectivity index (χ3n) is 4.44. The fraction of sp³-hybridized carbons (Fsp3) is 0.381. The predicted molar refractivity (Wildman–Crippen MR) is 109 cm³/mol. The maximum absolute atomic E-state index is 13.2. The van der Waals surface area contributed by atoms with E-state index in [1.807, 2.05) is 57.3 Å². The average molecular weight is 385 g/mol. The SMILES string of the molecule is CCC(C(=O)OCC(C)C)n1cnc2scc(-c3ccc(C)cc3)c2c1=O.